The van der Waals surface area contributed by atoms with E-state index < -0.39 is 0 Å². The SMILES string of the molecule is CNCC1CCN(C(=O)CCc2cccc(OC)c2)CC1. The Morgan fingerprint density at radius 3 is 2.81 bits per heavy atom. The first kappa shape index (κ1) is 15.8. The molecule has 1 N–H and O–H groups in total. The van der Waals surface area contributed by atoms with E-state index in [2.05, 4.69) is 11.4 Å². The molecule has 0 unspecified atom stereocenters. The number of likely N-dealkylation sites (tertiary alicyclic amines) is 1. The number of hydrogen-bond acceptors (Lipinski definition) is 3. The van der Waals surface area contributed by atoms with Gasteiger partial charge < -0.3 is 15.0 Å². The van der Waals surface area contributed by atoms with Crippen molar-refractivity contribution in [3.05, 3.63) is 29.8 Å². The highest BCUT2D eigenvalue weighted by atomic mass is 16.5. The van der Waals surface area contributed by atoms with Gasteiger partial charge in [-0.2, -0.15) is 0 Å². The van der Waals surface area contributed by atoms with Crippen molar-refractivity contribution < 1.29 is 9.53 Å². The number of nitrogens with one attached hydrogen (secondary N) is 1. The number of aryl methyl sites for hydroxylation is 1. The standard InChI is InChI=1S/C17H26N2O2/c1-18-13-15-8-10-19(11-9-15)17(20)7-6-14-4-3-5-16(12-14)21-2/h3-5,12,15,18H,6-11,13H2,1-2H3. The van der Waals surface area contributed by atoms with Gasteiger partial charge in [0.25, 0.3) is 0 Å². The number of carbonyl (C=O) groups excluding carboxylic acids is 1. The highest BCUT2D eigenvalue weighted by molar-refractivity contribution is 5.76. The minimum atomic E-state index is 0.278. The summed E-state index contributed by atoms with van der Waals surface area (Å²) < 4.78 is 5.21. The van der Waals surface area contributed by atoms with E-state index in [1.807, 2.05) is 30.1 Å². The van der Waals surface area contributed by atoms with Gasteiger partial charge in [0.1, 0.15) is 5.75 Å². The second-order valence-electron chi connectivity index (χ2n) is 5.73. The lowest BCUT2D eigenvalue weighted by Gasteiger charge is -2.32. The topological polar surface area (TPSA) is 41.6 Å². The van der Waals surface area contributed by atoms with E-state index in [4.69, 9.17) is 4.74 Å². The minimum absolute atomic E-state index is 0.278. The number of hydrogen-bond donors (Lipinski definition) is 1. The van der Waals surface area contributed by atoms with Gasteiger partial charge >= 0.3 is 0 Å². The zero-order valence-corrected chi connectivity index (χ0v) is 13.1. The predicted molar refractivity (Wildman–Crippen MR) is 84.5 cm³/mol. The fraction of sp³-hybridized carbons (Fsp3) is 0.588. The van der Waals surface area contributed by atoms with Crippen LogP contribution in [0.1, 0.15) is 24.8 Å². The maximum absolute atomic E-state index is 12.3. The lowest BCUT2D eigenvalue weighted by Crippen LogP contribution is -2.40. The molecule has 1 heterocycles. The molecule has 1 fully saturated rings. The smallest absolute Gasteiger partial charge is 0.222 e. The molecule has 116 valence electrons. The van der Waals surface area contributed by atoms with Crippen LogP contribution in [0.15, 0.2) is 24.3 Å². The summed E-state index contributed by atoms with van der Waals surface area (Å²) in [6.07, 6.45) is 3.60. The largest absolute Gasteiger partial charge is 0.497 e. The Hall–Kier alpha value is -1.55. The molecule has 0 spiro atoms. The third-order valence-electron chi connectivity index (χ3n) is 4.22. The van der Waals surface area contributed by atoms with Crippen molar-refractivity contribution >= 4 is 5.91 Å². The second-order valence-corrected chi connectivity index (χ2v) is 5.73. The summed E-state index contributed by atoms with van der Waals surface area (Å²) in [5.41, 5.74) is 1.16. The first-order valence-corrected chi connectivity index (χ1v) is 7.78. The molecule has 1 amide bonds. The third kappa shape index (κ3) is 4.74. The van der Waals surface area contributed by atoms with Crippen LogP contribution in [0, 0.1) is 5.92 Å². The fourth-order valence-electron chi connectivity index (χ4n) is 2.91. The number of piperidine rings is 1. The second kappa shape index (κ2) is 8.03. The van der Waals surface area contributed by atoms with E-state index in [9.17, 15) is 4.79 Å². The van der Waals surface area contributed by atoms with Crippen LogP contribution in [0.4, 0.5) is 0 Å². The molecular formula is C17H26N2O2. The summed E-state index contributed by atoms with van der Waals surface area (Å²) >= 11 is 0. The van der Waals surface area contributed by atoms with Crippen LogP contribution in [-0.4, -0.2) is 44.6 Å². The van der Waals surface area contributed by atoms with Crippen LogP contribution in [0.3, 0.4) is 0 Å². The van der Waals surface area contributed by atoms with Gasteiger partial charge in [0.2, 0.25) is 5.91 Å². The molecule has 1 aromatic carbocycles. The van der Waals surface area contributed by atoms with Crippen molar-refractivity contribution in [1.29, 1.82) is 0 Å². The zero-order valence-electron chi connectivity index (χ0n) is 13.1. The van der Waals surface area contributed by atoms with Crippen molar-refractivity contribution in [2.75, 3.05) is 33.8 Å². The first-order valence-electron chi connectivity index (χ1n) is 7.78. The number of nitrogens with zero attached hydrogens (tertiary/aromatic N) is 1. The molecule has 0 radical (unpaired) electrons. The molecule has 1 aromatic rings. The van der Waals surface area contributed by atoms with E-state index in [0.717, 1.165) is 56.1 Å². The van der Waals surface area contributed by atoms with Gasteiger partial charge in [-0.25, -0.2) is 0 Å². The highest BCUT2D eigenvalue weighted by Gasteiger charge is 2.21. The van der Waals surface area contributed by atoms with Crippen LogP contribution in [0.5, 0.6) is 5.75 Å². The van der Waals surface area contributed by atoms with Gasteiger partial charge in [0, 0.05) is 19.5 Å². The first-order chi connectivity index (χ1) is 10.2. The molecule has 4 nitrogen and oxygen atoms in total. The average Bonchev–Trinajstić information content (AvgIpc) is 2.54. The number of benzene rings is 1. The molecule has 4 heteroatoms. The zero-order chi connectivity index (χ0) is 15.1. The van der Waals surface area contributed by atoms with E-state index >= 15 is 0 Å². The predicted octanol–water partition coefficient (Wildman–Crippen LogP) is 2.09. The molecule has 0 aromatic heterocycles. The maximum Gasteiger partial charge on any atom is 0.222 e. The number of carbonyl (C=O) groups is 1. The molecule has 1 aliphatic rings. The Bertz CT molecular complexity index is 454. The third-order valence-corrected chi connectivity index (χ3v) is 4.22. The van der Waals surface area contributed by atoms with Crippen molar-refractivity contribution in [2.24, 2.45) is 5.92 Å². The Balaban J connectivity index is 1.77. The number of ether oxygens (including phenoxy) is 1. The van der Waals surface area contributed by atoms with Crippen LogP contribution in [0.25, 0.3) is 0 Å². The minimum Gasteiger partial charge on any atom is -0.497 e. The van der Waals surface area contributed by atoms with E-state index in [0.29, 0.717) is 6.42 Å². The van der Waals surface area contributed by atoms with E-state index in [-0.39, 0.29) is 5.91 Å². The van der Waals surface area contributed by atoms with Crippen molar-refractivity contribution in [3.63, 3.8) is 0 Å². The Kier molecular flexibility index (Phi) is 6.05. The monoisotopic (exact) mass is 290 g/mol. The molecule has 0 saturated carbocycles. The normalized spacial score (nSPS) is 16.0. The molecule has 0 atom stereocenters. The summed E-state index contributed by atoms with van der Waals surface area (Å²) in [7, 11) is 3.66. The van der Waals surface area contributed by atoms with Crippen LogP contribution in [0.2, 0.25) is 0 Å². The summed E-state index contributed by atoms with van der Waals surface area (Å²) in [5.74, 6) is 1.85. The molecule has 21 heavy (non-hydrogen) atoms. The maximum atomic E-state index is 12.3. The van der Waals surface area contributed by atoms with Crippen molar-refractivity contribution in [2.45, 2.75) is 25.7 Å². The van der Waals surface area contributed by atoms with Gasteiger partial charge in [-0.1, -0.05) is 12.1 Å². The fourth-order valence-corrected chi connectivity index (χ4v) is 2.91. The Labute approximate surface area is 127 Å². The quantitative estimate of drug-likeness (QED) is 0.872. The van der Waals surface area contributed by atoms with Gasteiger partial charge in [0.05, 0.1) is 7.11 Å². The molecule has 0 bridgehead atoms. The average molecular weight is 290 g/mol. The summed E-state index contributed by atoms with van der Waals surface area (Å²) in [6.45, 7) is 2.87. The van der Waals surface area contributed by atoms with E-state index in [1.165, 1.54) is 0 Å². The number of rotatable bonds is 6. The summed E-state index contributed by atoms with van der Waals surface area (Å²) in [5, 5.41) is 3.22. The number of amides is 1. The van der Waals surface area contributed by atoms with Crippen molar-refractivity contribution in [3.8, 4) is 5.75 Å². The molecular weight excluding hydrogens is 264 g/mol. The van der Waals surface area contributed by atoms with Crippen molar-refractivity contribution in [1.82, 2.24) is 10.2 Å². The summed E-state index contributed by atoms with van der Waals surface area (Å²) in [6, 6.07) is 7.96. The van der Waals surface area contributed by atoms with Gasteiger partial charge in [0.15, 0.2) is 0 Å². The molecule has 1 aliphatic heterocycles. The Morgan fingerprint density at radius 1 is 1.38 bits per heavy atom. The molecule has 0 aliphatic carbocycles. The summed E-state index contributed by atoms with van der Waals surface area (Å²) in [4.78, 5) is 14.3. The Morgan fingerprint density at radius 2 is 2.14 bits per heavy atom. The van der Waals surface area contributed by atoms with Crippen LogP contribution >= 0.6 is 0 Å². The van der Waals surface area contributed by atoms with E-state index in [1.54, 1.807) is 7.11 Å². The van der Waals surface area contributed by atoms with Gasteiger partial charge in [-0.05, 0) is 56.5 Å². The number of methoxy groups -OCH3 is 1. The van der Waals surface area contributed by atoms with Crippen LogP contribution in [-0.2, 0) is 11.2 Å². The lowest BCUT2D eigenvalue weighted by atomic mass is 9.96. The highest BCUT2D eigenvalue weighted by Crippen LogP contribution is 2.18. The van der Waals surface area contributed by atoms with Gasteiger partial charge in [-0.15, -0.1) is 0 Å². The molecule has 2 rings (SSSR count). The lowest BCUT2D eigenvalue weighted by molar-refractivity contribution is -0.132. The molecule has 1 saturated heterocycles. The van der Waals surface area contributed by atoms with Crippen LogP contribution < -0.4 is 10.1 Å². The van der Waals surface area contributed by atoms with Gasteiger partial charge in [-0.3, -0.25) is 4.79 Å².